The van der Waals surface area contributed by atoms with Gasteiger partial charge in [-0.05, 0) is 50.3 Å². The fraction of sp³-hybridized carbons (Fsp3) is 0.389. The molecule has 24 heavy (non-hydrogen) atoms. The molecule has 0 atom stereocenters. The number of hydrogen-bond acceptors (Lipinski definition) is 4. The molecular weight excluding hydrogens is 302 g/mol. The highest BCUT2D eigenvalue weighted by Crippen LogP contribution is 2.33. The van der Waals surface area contributed by atoms with Crippen molar-refractivity contribution in [1.82, 2.24) is 4.57 Å². The number of amidine groups is 1. The molecule has 0 bridgehead atoms. The Balaban J connectivity index is 1.47. The second kappa shape index (κ2) is 6.86. The van der Waals surface area contributed by atoms with Crippen molar-refractivity contribution in [2.45, 2.75) is 38.6 Å². The molecule has 6 heteroatoms. The Morgan fingerprint density at radius 3 is 2.92 bits per heavy atom. The third-order valence-electron chi connectivity index (χ3n) is 4.29. The molecule has 0 unspecified atom stereocenters. The Hall–Kier alpha value is -2.63. The van der Waals surface area contributed by atoms with Gasteiger partial charge in [-0.3, -0.25) is 10.2 Å². The van der Waals surface area contributed by atoms with Crippen LogP contribution in [0.5, 0.6) is 0 Å². The maximum atomic E-state index is 11.7. The first-order chi connectivity index (χ1) is 11.5. The Labute approximate surface area is 141 Å². The van der Waals surface area contributed by atoms with Crippen molar-refractivity contribution in [2.75, 3.05) is 5.73 Å². The van der Waals surface area contributed by atoms with Crippen LogP contribution in [0.15, 0.2) is 51.5 Å². The smallest absolute Gasteiger partial charge is 0.252 e. The SMILES string of the molecule is N=C1N=C(C2CC2)C=C1C=C(N)CCCCn1ccc(N)cc1=O. The fourth-order valence-corrected chi connectivity index (χ4v) is 2.74. The van der Waals surface area contributed by atoms with Crippen LogP contribution in [0, 0.1) is 11.3 Å². The van der Waals surface area contributed by atoms with E-state index in [1.807, 2.05) is 12.2 Å². The van der Waals surface area contributed by atoms with E-state index in [-0.39, 0.29) is 5.56 Å². The molecule has 0 radical (unpaired) electrons. The molecule has 0 aromatic carbocycles. The summed E-state index contributed by atoms with van der Waals surface area (Å²) in [5, 5.41) is 7.91. The molecule has 3 rings (SSSR count). The summed E-state index contributed by atoms with van der Waals surface area (Å²) in [5.74, 6) is 0.865. The predicted molar refractivity (Wildman–Crippen MR) is 97.2 cm³/mol. The fourth-order valence-electron chi connectivity index (χ4n) is 2.74. The van der Waals surface area contributed by atoms with Crippen LogP contribution in [0.4, 0.5) is 5.69 Å². The zero-order chi connectivity index (χ0) is 17.1. The molecule has 1 aromatic heterocycles. The lowest BCUT2D eigenvalue weighted by molar-refractivity contribution is 0.591. The van der Waals surface area contributed by atoms with Crippen LogP contribution >= 0.6 is 0 Å². The number of nitrogens with two attached hydrogens (primary N) is 2. The third kappa shape index (κ3) is 4.01. The molecule has 2 heterocycles. The number of rotatable bonds is 7. The van der Waals surface area contributed by atoms with Crippen LogP contribution in [-0.4, -0.2) is 16.1 Å². The summed E-state index contributed by atoms with van der Waals surface area (Å²) in [5.41, 5.74) is 14.6. The Kier molecular flexibility index (Phi) is 4.64. The Bertz CT molecular complexity index is 796. The van der Waals surface area contributed by atoms with Gasteiger partial charge in [0.25, 0.3) is 5.56 Å². The van der Waals surface area contributed by atoms with Gasteiger partial charge in [0.1, 0.15) is 0 Å². The number of unbranched alkanes of at least 4 members (excludes halogenated alkanes) is 1. The summed E-state index contributed by atoms with van der Waals surface area (Å²) >= 11 is 0. The van der Waals surface area contributed by atoms with E-state index in [9.17, 15) is 4.79 Å². The highest BCUT2D eigenvalue weighted by molar-refractivity contribution is 6.19. The number of pyridine rings is 1. The number of nitrogens with one attached hydrogen (secondary N) is 1. The maximum Gasteiger partial charge on any atom is 0.252 e. The number of hydrogen-bond donors (Lipinski definition) is 3. The number of nitrogens with zero attached hydrogens (tertiary/aromatic N) is 2. The van der Waals surface area contributed by atoms with E-state index in [1.54, 1.807) is 16.8 Å². The molecule has 1 aliphatic carbocycles. The molecule has 0 amide bonds. The van der Waals surface area contributed by atoms with Crippen molar-refractivity contribution in [1.29, 1.82) is 5.41 Å². The normalized spacial score (nSPS) is 17.8. The topological polar surface area (TPSA) is 110 Å². The summed E-state index contributed by atoms with van der Waals surface area (Å²) in [6, 6.07) is 3.16. The number of allylic oxidation sites excluding steroid dienone is 2. The van der Waals surface area contributed by atoms with Gasteiger partial charge in [-0.15, -0.1) is 0 Å². The molecule has 0 saturated heterocycles. The minimum atomic E-state index is -0.0761. The second-order valence-electron chi connectivity index (χ2n) is 6.43. The first-order valence-electron chi connectivity index (χ1n) is 8.34. The zero-order valence-corrected chi connectivity index (χ0v) is 13.7. The Morgan fingerprint density at radius 2 is 2.21 bits per heavy atom. The van der Waals surface area contributed by atoms with Crippen LogP contribution < -0.4 is 17.0 Å². The van der Waals surface area contributed by atoms with Crippen LogP contribution in [0.2, 0.25) is 0 Å². The van der Waals surface area contributed by atoms with E-state index in [4.69, 9.17) is 16.9 Å². The van der Waals surface area contributed by atoms with Crippen LogP contribution in [-0.2, 0) is 6.54 Å². The lowest BCUT2D eigenvalue weighted by atomic mass is 10.1. The van der Waals surface area contributed by atoms with Gasteiger partial charge >= 0.3 is 0 Å². The van der Waals surface area contributed by atoms with Gasteiger partial charge in [0.15, 0.2) is 5.84 Å². The predicted octanol–water partition coefficient (Wildman–Crippen LogP) is 2.21. The van der Waals surface area contributed by atoms with Crippen molar-refractivity contribution < 1.29 is 0 Å². The molecule has 2 aliphatic rings. The van der Waals surface area contributed by atoms with Crippen molar-refractivity contribution in [2.24, 2.45) is 16.6 Å². The standard InChI is InChI=1S/C18H23N5O/c19-14(9-13-10-16(12-4-5-12)22-18(13)21)3-1-2-7-23-8-6-15(20)11-17(23)24/h6,8-12,21H,1-5,7,19-20H2. The van der Waals surface area contributed by atoms with Crippen molar-refractivity contribution in [3.63, 3.8) is 0 Å². The van der Waals surface area contributed by atoms with E-state index in [2.05, 4.69) is 4.99 Å². The molecular formula is C18H23N5O. The number of nitrogen functional groups attached to an aromatic ring is 1. The van der Waals surface area contributed by atoms with Gasteiger partial charge in [0.05, 0.1) is 0 Å². The summed E-state index contributed by atoms with van der Waals surface area (Å²) in [4.78, 5) is 16.0. The number of aromatic nitrogens is 1. The molecule has 1 saturated carbocycles. The molecule has 1 aromatic rings. The van der Waals surface area contributed by atoms with Crippen molar-refractivity contribution in [3.05, 3.63) is 52.1 Å². The molecule has 6 nitrogen and oxygen atoms in total. The summed E-state index contributed by atoms with van der Waals surface area (Å²) in [6.07, 6.45) is 10.4. The molecule has 126 valence electrons. The molecule has 1 fully saturated rings. The monoisotopic (exact) mass is 325 g/mol. The highest BCUT2D eigenvalue weighted by Gasteiger charge is 2.29. The minimum Gasteiger partial charge on any atom is -0.402 e. The highest BCUT2D eigenvalue weighted by atomic mass is 16.1. The van der Waals surface area contributed by atoms with Crippen LogP contribution in [0.1, 0.15) is 32.1 Å². The second-order valence-corrected chi connectivity index (χ2v) is 6.43. The van der Waals surface area contributed by atoms with Crippen LogP contribution in [0.25, 0.3) is 0 Å². The van der Waals surface area contributed by atoms with Gasteiger partial charge < -0.3 is 16.0 Å². The lowest BCUT2D eigenvalue weighted by Crippen LogP contribution is -2.19. The van der Waals surface area contributed by atoms with Gasteiger partial charge in [-0.2, -0.15) is 0 Å². The average molecular weight is 325 g/mol. The van der Waals surface area contributed by atoms with E-state index in [0.717, 1.165) is 36.2 Å². The lowest BCUT2D eigenvalue weighted by Gasteiger charge is -2.06. The van der Waals surface area contributed by atoms with E-state index < -0.39 is 0 Å². The van der Waals surface area contributed by atoms with E-state index >= 15 is 0 Å². The first-order valence-corrected chi connectivity index (χ1v) is 8.34. The van der Waals surface area contributed by atoms with Gasteiger partial charge in [0.2, 0.25) is 0 Å². The molecule has 5 N–H and O–H groups in total. The van der Waals surface area contributed by atoms with E-state index in [0.29, 0.717) is 24.0 Å². The largest absolute Gasteiger partial charge is 0.402 e. The van der Waals surface area contributed by atoms with Gasteiger partial charge in [-0.1, -0.05) is 0 Å². The average Bonchev–Trinajstić information content (AvgIpc) is 3.31. The molecule has 0 spiro atoms. The van der Waals surface area contributed by atoms with Gasteiger partial charge in [0, 0.05) is 47.4 Å². The quantitative estimate of drug-likeness (QED) is 0.668. The van der Waals surface area contributed by atoms with E-state index in [1.165, 1.54) is 18.9 Å². The van der Waals surface area contributed by atoms with Gasteiger partial charge in [-0.25, -0.2) is 4.99 Å². The zero-order valence-electron chi connectivity index (χ0n) is 13.7. The molecule has 1 aliphatic heterocycles. The number of anilines is 1. The number of aliphatic imine (C=N–C) groups is 1. The summed E-state index contributed by atoms with van der Waals surface area (Å²) in [7, 11) is 0. The third-order valence-corrected chi connectivity index (χ3v) is 4.29. The van der Waals surface area contributed by atoms with Crippen LogP contribution in [0.3, 0.4) is 0 Å². The minimum absolute atomic E-state index is 0.0761. The Morgan fingerprint density at radius 1 is 1.42 bits per heavy atom. The first kappa shape index (κ1) is 16.2. The maximum absolute atomic E-state index is 11.7. The summed E-state index contributed by atoms with van der Waals surface area (Å²) < 4.78 is 1.65. The van der Waals surface area contributed by atoms with Crippen molar-refractivity contribution >= 4 is 17.2 Å². The van der Waals surface area contributed by atoms with Crippen molar-refractivity contribution in [3.8, 4) is 0 Å². The number of aryl methyl sites for hydroxylation is 1. The summed E-state index contributed by atoms with van der Waals surface area (Å²) in [6.45, 7) is 0.653.